The number of nitrogens with one attached hydrogen (secondary N) is 1. The number of anilines is 1. The summed E-state index contributed by atoms with van der Waals surface area (Å²) in [4.78, 5) is 13.1. The zero-order valence-electron chi connectivity index (χ0n) is 18.8. The number of hydrogen-bond donors (Lipinski definition) is 1. The standard InChI is InChI=1S/C24H24Cl2N2O5S/c1-16(20-14-18(32-2)10-12-23(20)33-3)27-24(29)15-28(22-11-9-17(25)13-21(22)26)34(30,31)19-7-5-4-6-8-19/h4-14,16H,15H2,1-3H3,(H,27,29)/t16-/m1/s1. The topological polar surface area (TPSA) is 84.9 Å². The van der Waals surface area contributed by atoms with Gasteiger partial charge in [0.2, 0.25) is 5.91 Å². The highest BCUT2D eigenvalue weighted by Gasteiger charge is 2.29. The molecule has 3 aromatic carbocycles. The predicted octanol–water partition coefficient (Wildman–Crippen LogP) is 5.08. The van der Waals surface area contributed by atoms with E-state index in [1.807, 2.05) is 0 Å². The van der Waals surface area contributed by atoms with E-state index in [4.69, 9.17) is 32.7 Å². The summed E-state index contributed by atoms with van der Waals surface area (Å²) in [5.41, 5.74) is 0.814. The molecule has 1 atom stereocenters. The molecular weight excluding hydrogens is 499 g/mol. The molecule has 180 valence electrons. The summed E-state index contributed by atoms with van der Waals surface area (Å²) in [6.45, 7) is 1.26. The quantitative estimate of drug-likeness (QED) is 0.423. The molecule has 7 nitrogen and oxygen atoms in total. The zero-order chi connectivity index (χ0) is 24.9. The van der Waals surface area contributed by atoms with Crippen molar-refractivity contribution in [3.63, 3.8) is 0 Å². The van der Waals surface area contributed by atoms with Crippen molar-refractivity contribution in [2.75, 3.05) is 25.1 Å². The number of ether oxygens (including phenoxy) is 2. The van der Waals surface area contributed by atoms with Gasteiger partial charge in [-0.2, -0.15) is 0 Å². The second-order valence-corrected chi connectivity index (χ2v) is 10.0. The molecule has 0 saturated carbocycles. The molecule has 0 aromatic heterocycles. The first-order valence-electron chi connectivity index (χ1n) is 10.2. The van der Waals surface area contributed by atoms with Crippen LogP contribution < -0.4 is 19.1 Å². The maximum absolute atomic E-state index is 13.5. The number of amides is 1. The summed E-state index contributed by atoms with van der Waals surface area (Å²) < 4.78 is 38.6. The van der Waals surface area contributed by atoms with Crippen molar-refractivity contribution < 1.29 is 22.7 Å². The van der Waals surface area contributed by atoms with Gasteiger partial charge in [0.1, 0.15) is 18.0 Å². The molecule has 1 N–H and O–H groups in total. The highest BCUT2D eigenvalue weighted by molar-refractivity contribution is 7.92. The molecular formula is C24H24Cl2N2O5S. The van der Waals surface area contributed by atoms with Crippen molar-refractivity contribution in [2.45, 2.75) is 17.9 Å². The van der Waals surface area contributed by atoms with Gasteiger partial charge in [-0.25, -0.2) is 8.42 Å². The first kappa shape index (κ1) is 25.7. The van der Waals surface area contributed by atoms with E-state index in [0.717, 1.165) is 4.31 Å². The molecule has 0 bridgehead atoms. The van der Waals surface area contributed by atoms with Gasteiger partial charge in [-0.05, 0) is 55.5 Å². The lowest BCUT2D eigenvalue weighted by atomic mass is 10.1. The van der Waals surface area contributed by atoms with E-state index in [2.05, 4.69) is 5.32 Å². The number of methoxy groups -OCH3 is 2. The average molecular weight is 523 g/mol. The van der Waals surface area contributed by atoms with Gasteiger partial charge in [-0.15, -0.1) is 0 Å². The van der Waals surface area contributed by atoms with Crippen LogP contribution in [0, 0.1) is 0 Å². The molecule has 0 aliphatic carbocycles. The number of sulfonamides is 1. The Morgan fingerprint density at radius 3 is 2.32 bits per heavy atom. The Kier molecular flexibility index (Phi) is 8.30. The molecule has 0 aliphatic heterocycles. The number of benzene rings is 3. The smallest absolute Gasteiger partial charge is 0.264 e. The van der Waals surface area contributed by atoms with Crippen molar-refractivity contribution in [3.05, 3.63) is 82.3 Å². The van der Waals surface area contributed by atoms with Gasteiger partial charge in [0, 0.05) is 10.6 Å². The van der Waals surface area contributed by atoms with E-state index in [-0.39, 0.29) is 15.6 Å². The molecule has 3 rings (SSSR count). The third-order valence-electron chi connectivity index (χ3n) is 5.08. The number of carbonyl (C=O) groups is 1. The second kappa shape index (κ2) is 11.0. The Bertz CT molecular complexity index is 1270. The molecule has 34 heavy (non-hydrogen) atoms. The fourth-order valence-electron chi connectivity index (χ4n) is 3.38. The Balaban J connectivity index is 1.93. The summed E-state index contributed by atoms with van der Waals surface area (Å²) in [6, 6.07) is 16.9. The fraction of sp³-hybridized carbons (Fsp3) is 0.208. The molecule has 3 aromatic rings. The third-order valence-corrected chi connectivity index (χ3v) is 7.39. The second-order valence-electron chi connectivity index (χ2n) is 7.32. The maximum atomic E-state index is 13.5. The molecule has 0 heterocycles. The summed E-state index contributed by atoms with van der Waals surface area (Å²) in [6.07, 6.45) is 0. The van der Waals surface area contributed by atoms with Crippen molar-refractivity contribution in [2.24, 2.45) is 0 Å². The number of rotatable bonds is 9. The Labute approximate surface area is 209 Å². The summed E-state index contributed by atoms with van der Waals surface area (Å²) in [7, 11) is -1.05. The SMILES string of the molecule is COc1ccc(OC)c([C@@H](C)NC(=O)CN(c2ccc(Cl)cc2Cl)S(=O)(=O)c2ccccc2)c1. The lowest BCUT2D eigenvalue weighted by Crippen LogP contribution is -2.41. The largest absolute Gasteiger partial charge is 0.497 e. The lowest BCUT2D eigenvalue weighted by Gasteiger charge is -2.26. The van der Waals surface area contributed by atoms with E-state index in [0.29, 0.717) is 22.1 Å². The molecule has 0 fully saturated rings. The molecule has 0 aliphatic rings. The van der Waals surface area contributed by atoms with Gasteiger partial charge >= 0.3 is 0 Å². The Morgan fingerprint density at radius 1 is 1.00 bits per heavy atom. The van der Waals surface area contributed by atoms with Crippen LogP contribution in [0.5, 0.6) is 11.5 Å². The molecule has 0 saturated heterocycles. The fourth-order valence-corrected chi connectivity index (χ4v) is 5.40. The van der Waals surface area contributed by atoms with Crippen molar-refractivity contribution in [3.8, 4) is 11.5 Å². The van der Waals surface area contributed by atoms with E-state index in [1.165, 1.54) is 44.6 Å². The van der Waals surface area contributed by atoms with Crippen LogP contribution in [0.3, 0.4) is 0 Å². The number of carbonyl (C=O) groups excluding carboxylic acids is 1. The van der Waals surface area contributed by atoms with Crippen LogP contribution in [0.4, 0.5) is 5.69 Å². The monoisotopic (exact) mass is 522 g/mol. The zero-order valence-corrected chi connectivity index (χ0v) is 21.1. The molecule has 1 amide bonds. The van der Waals surface area contributed by atoms with Crippen LogP contribution in [-0.2, 0) is 14.8 Å². The van der Waals surface area contributed by atoms with Gasteiger partial charge in [0.25, 0.3) is 10.0 Å². The van der Waals surface area contributed by atoms with Crippen LogP contribution in [0.1, 0.15) is 18.5 Å². The Hall–Kier alpha value is -2.94. The van der Waals surface area contributed by atoms with Gasteiger partial charge < -0.3 is 14.8 Å². The van der Waals surface area contributed by atoms with Gasteiger partial charge in [-0.3, -0.25) is 9.10 Å². The van der Waals surface area contributed by atoms with Crippen molar-refractivity contribution in [1.82, 2.24) is 5.32 Å². The lowest BCUT2D eigenvalue weighted by molar-refractivity contribution is -0.120. The van der Waals surface area contributed by atoms with Crippen LogP contribution in [0.25, 0.3) is 0 Å². The summed E-state index contributed by atoms with van der Waals surface area (Å²) in [5, 5.41) is 3.27. The molecule has 0 radical (unpaired) electrons. The number of hydrogen-bond acceptors (Lipinski definition) is 5. The van der Waals surface area contributed by atoms with E-state index < -0.39 is 28.5 Å². The summed E-state index contributed by atoms with van der Waals surface area (Å²) in [5.74, 6) is 0.615. The number of halogens is 2. The van der Waals surface area contributed by atoms with Crippen LogP contribution in [0.15, 0.2) is 71.6 Å². The minimum atomic E-state index is -4.11. The van der Waals surface area contributed by atoms with Gasteiger partial charge in [-0.1, -0.05) is 41.4 Å². The van der Waals surface area contributed by atoms with Gasteiger partial charge in [0.15, 0.2) is 0 Å². The van der Waals surface area contributed by atoms with Crippen LogP contribution >= 0.6 is 23.2 Å². The van der Waals surface area contributed by atoms with Gasteiger partial charge in [0.05, 0.1) is 35.9 Å². The Morgan fingerprint density at radius 2 is 1.71 bits per heavy atom. The van der Waals surface area contributed by atoms with Crippen LogP contribution in [0.2, 0.25) is 10.0 Å². The van der Waals surface area contributed by atoms with E-state index in [9.17, 15) is 13.2 Å². The molecule has 0 unspecified atom stereocenters. The average Bonchev–Trinajstić information content (AvgIpc) is 2.83. The minimum absolute atomic E-state index is 0.0244. The normalized spacial score (nSPS) is 12.0. The first-order chi connectivity index (χ1) is 16.2. The predicted molar refractivity (Wildman–Crippen MR) is 134 cm³/mol. The van der Waals surface area contributed by atoms with Crippen molar-refractivity contribution >= 4 is 44.8 Å². The van der Waals surface area contributed by atoms with Crippen molar-refractivity contribution in [1.29, 1.82) is 0 Å². The summed E-state index contributed by atoms with van der Waals surface area (Å²) >= 11 is 12.3. The molecule has 0 spiro atoms. The van der Waals surface area contributed by atoms with E-state index in [1.54, 1.807) is 43.3 Å². The van der Waals surface area contributed by atoms with Crippen LogP contribution in [-0.4, -0.2) is 35.1 Å². The highest BCUT2D eigenvalue weighted by Crippen LogP contribution is 2.33. The first-order valence-corrected chi connectivity index (χ1v) is 12.4. The number of nitrogens with zero attached hydrogens (tertiary/aromatic N) is 1. The maximum Gasteiger partial charge on any atom is 0.264 e. The minimum Gasteiger partial charge on any atom is -0.497 e. The highest BCUT2D eigenvalue weighted by atomic mass is 35.5. The third kappa shape index (κ3) is 5.75. The molecule has 10 heteroatoms. The van der Waals surface area contributed by atoms with E-state index >= 15 is 0 Å².